The van der Waals surface area contributed by atoms with Gasteiger partial charge in [0.05, 0.1) is 6.42 Å². The lowest BCUT2D eigenvalue weighted by atomic mass is 10.0. The van der Waals surface area contributed by atoms with Crippen molar-refractivity contribution >= 4 is 35.8 Å². The van der Waals surface area contributed by atoms with Gasteiger partial charge in [0.1, 0.15) is 35.5 Å². The maximum absolute atomic E-state index is 13.9. The van der Waals surface area contributed by atoms with Gasteiger partial charge in [0.25, 0.3) is 0 Å². The first-order valence-corrected chi connectivity index (χ1v) is 14.5. The van der Waals surface area contributed by atoms with E-state index < -0.39 is 77.5 Å². The maximum Gasteiger partial charge on any atom is 0.408 e. The molecule has 1 heterocycles. The predicted molar refractivity (Wildman–Crippen MR) is 159 cm³/mol. The number of carbonyl (C=O) groups excluding carboxylic acids is 4. The highest BCUT2D eigenvalue weighted by Gasteiger charge is 2.45. The van der Waals surface area contributed by atoms with Gasteiger partial charge in [0.15, 0.2) is 0 Å². The molecule has 15 heteroatoms. The van der Waals surface area contributed by atoms with Gasteiger partial charge in [-0.25, -0.2) is 9.59 Å². The Morgan fingerprint density at radius 1 is 1.00 bits per heavy atom. The zero-order valence-corrected chi connectivity index (χ0v) is 26.7. The quantitative estimate of drug-likeness (QED) is 0.208. The largest absolute Gasteiger partial charge is 0.508 e. The highest BCUT2D eigenvalue weighted by molar-refractivity contribution is 5.93. The van der Waals surface area contributed by atoms with Crippen LogP contribution in [0.2, 0.25) is 0 Å². The summed E-state index contributed by atoms with van der Waals surface area (Å²) < 4.78 is 5.31. The fourth-order valence-corrected chi connectivity index (χ4v) is 4.64. The van der Waals surface area contributed by atoms with E-state index in [1.807, 2.05) is 0 Å². The number of carbonyl (C=O) groups is 6. The van der Waals surface area contributed by atoms with Crippen molar-refractivity contribution in [2.45, 2.75) is 109 Å². The molecule has 0 aromatic heterocycles. The van der Waals surface area contributed by atoms with Gasteiger partial charge in [0, 0.05) is 18.5 Å². The molecule has 4 atom stereocenters. The molecule has 3 amide bonds. The summed E-state index contributed by atoms with van der Waals surface area (Å²) in [5, 5.41) is 34.3. The number of phenols is 1. The summed E-state index contributed by atoms with van der Waals surface area (Å²) in [5.41, 5.74) is -1.52. The van der Waals surface area contributed by atoms with Gasteiger partial charge in [-0.3, -0.25) is 19.2 Å². The van der Waals surface area contributed by atoms with E-state index in [9.17, 15) is 44.1 Å². The second kappa shape index (κ2) is 15.1. The molecule has 0 unspecified atom stereocenters. The van der Waals surface area contributed by atoms with Crippen LogP contribution in [0, 0.1) is 0 Å². The molecule has 45 heavy (non-hydrogen) atoms. The van der Waals surface area contributed by atoms with Crippen LogP contribution >= 0.6 is 0 Å². The number of amides is 3. The average Bonchev–Trinajstić information content (AvgIpc) is 3.39. The Morgan fingerprint density at radius 3 is 2.11 bits per heavy atom. The number of ether oxygens (including phenoxy) is 1. The molecule has 1 aliphatic heterocycles. The third kappa shape index (κ3) is 11.2. The summed E-state index contributed by atoms with van der Waals surface area (Å²) in [6.07, 6.45) is -1.22. The van der Waals surface area contributed by atoms with Gasteiger partial charge < -0.3 is 40.4 Å². The lowest BCUT2D eigenvalue weighted by Crippen LogP contribution is -2.60. The normalized spacial score (nSPS) is 17.2. The SMILES string of the molecule is C[C@H](NC(=O)[C@@H]1CCCN1C(=O)[C@H](CC(=O)O)N(OC(=O)[C@H](Cc1ccc(O)cc1)NC(=O)OC(C)(C)C)C(C)(C)C)C(=O)O. The van der Waals surface area contributed by atoms with Crippen LogP contribution in [-0.2, 0) is 40.0 Å². The second-order valence-corrected chi connectivity index (χ2v) is 12.8. The minimum atomic E-state index is -1.59. The molecule has 15 nitrogen and oxygen atoms in total. The van der Waals surface area contributed by atoms with Crippen LogP contribution in [0.5, 0.6) is 5.75 Å². The first-order chi connectivity index (χ1) is 20.7. The van der Waals surface area contributed by atoms with Crippen LogP contribution in [0.25, 0.3) is 0 Å². The molecular formula is C30H44N4O11. The molecule has 0 bridgehead atoms. The zero-order chi connectivity index (χ0) is 34.3. The van der Waals surface area contributed by atoms with E-state index in [1.54, 1.807) is 41.5 Å². The minimum Gasteiger partial charge on any atom is -0.508 e. The van der Waals surface area contributed by atoms with Gasteiger partial charge in [0.2, 0.25) is 11.8 Å². The van der Waals surface area contributed by atoms with Crippen molar-refractivity contribution < 1.29 is 53.7 Å². The van der Waals surface area contributed by atoms with Gasteiger partial charge in [-0.2, -0.15) is 0 Å². The number of alkyl carbamates (subject to hydrolysis) is 1. The van der Waals surface area contributed by atoms with Crippen molar-refractivity contribution in [3.63, 3.8) is 0 Å². The Morgan fingerprint density at radius 2 is 1.60 bits per heavy atom. The summed E-state index contributed by atoms with van der Waals surface area (Å²) in [5.74, 6) is -5.21. The number of rotatable bonds is 12. The third-order valence-electron chi connectivity index (χ3n) is 6.70. The number of hydrogen-bond donors (Lipinski definition) is 5. The van der Waals surface area contributed by atoms with E-state index in [0.29, 0.717) is 12.0 Å². The Hall–Kier alpha value is -4.40. The molecule has 250 valence electrons. The van der Waals surface area contributed by atoms with Crippen LogP contribution in [0.1, 0.15) is 73.3 Å². The summed E-state index contributed by atoms with van der Waals surface area (Å²) in [7, 11) is 0. The Balaban J connectivity index is 2.43. The number of carboxylic acids is 2. The van der Waals surface area contributed by atoms with Crippen LogP contribution in [0.3, 0.4) is 0 Å². The van der Waals surface area contributed by atoms with Gasteiger partial charge >= 0.3 is 24.0 Å². The highest BCUT2D eigenvalue weighted by Crippen LogP contribution is 2.27. The van der Waals surface area contributed by atoms with E-state index >= 15 is 0 Å². The van der Waals surface area contributed by atoms with Crippen molar-refractivity contribution in [3.8, 4) is 5.75 Å². The Labute approximate surface area is 261 Å². The van der Waals surface area contributed by atoms with Crippen LogP contribution in [-0.4, -0.2) is 103 Å². The molecule has 1 saturated heterocycles. The van der Waals surface area contributed by atoms with Crippen molar-refractivity contribution in [1.82, 2.24) is 20.6 Å². The number of carboxylic acid groups (broad SMARTS) is 2. The predicted octanol–water partition coefficient (Wildman–Crippen LogP) is 1.81. The van der Waals surface area contributed by atoms with Crippen molar-refractivity contribution in [2.75, 3.05) is 6.54 Å². The number of likely N-dealkylation sites (tertiary alicyclic amines) is 1. The van der Waals surface area contributed by atoms with Crippen LogP contribution in [0.15, 0.2) is 24.3 Å². The fourth-order valence-electron chi connectivity index (χ4n) is 4.64. The lowest BCUT2D eigenvalue weighted by Gasteiger charge is -2.40. The monoisotopic (exact) mass is 636 g/mol. The van der Waals surface area contributed by atoms with Crippen LogP contribution < -0.4 is 10.6 Å². The molecule has 1 aliphatic rings. The zero-order valence-electron chi connectivity index (χ0n) is 26.7. The third-order valence-corrected chi connectivity index (χ3v) is 6.70. The molecule has 2 rings (SSSR count). The average molecular weight is 637 g/mol. The topological polar surface area (TPSA) is 212 Å². The number of aliphatic carboxylic acids is 2. The van der Waals surface area contributed by atoms with Crippen molar-refractivity contribution in [3.05, 3.63) is 29.8 Å². The number of nitrogens with one attached hydrogen (secondary N) is 2. The molecule has 1 aromatic rings. The molecule has 0 spiro atoms. The second-order valence-electron chi connectivity index (χ2n) is 12.8. The minimum absolute atomic E-state index is 0.0155. The number of phenolic OH excluding ortho intramolecular Hbond substituents is 1. The standard InChI is InChI=1S/C30H44N4O11/c1-17(26(40)41)31-24(38)21-9-8-14-33(21)25(39)22(16-23(36)37)34(29(2,3)4)45-27(42)20(32-28(43)44-30(5,6)7)15-18-10-12-19(35)13-11-18/h10-13,17,20-22,35H,8-9,14-16H2,1-7H3,(H,31,38)(H,32,43)(H,36,37)(H,40,41)/t17-,20-,21-,22-/m0/s1. The van der Waals surface area contributed by atoms with E-state index in [2.05, 4.69) is 10.6 Å². The summed E-state index contributed by atoms with van der Waals surface area (Å²) >= 11 is 0. The Bertz CT molecular complexity index is 1250. The molecule has 0 saturated carbocycles. The fraction of sp³-hybridized carbons (Fsp3) is 0.600. The van der Waals surface area contributed by atoms with Crippen LogP contribution in [0.4, 0.5) is 4.79 Å². The molecule has 1 aromatic carbocycles. The number of hydroxylamine groups is 2. The summed E-state index contributed by atoms with van der Waals surface area (Å²) in [4.78, 5) is 83.3. The number of hydrogen-bond acceptors (Lipinski definition) is 10. The summed E-state index contributed by atoms with van der Waals surface area (Å²) in [6, 6.07) is 0.625. The van der Waals surface area contributed by atoms with E-state index in [-0.39, 0.29) is 25.1 Å². The molecule has 0 radical (unpaired) electrons. The molecule has 1 fully saturated rings. The highest BCUT2D eigenvalue weighted by atomic mass is 16.7. The maximum atomic E-state index is 13.9. The smallest absolute Gasteiger partial charge is 0.408 e. The van der Waals surface area contributed by atoms with Gasteiger partial charge in [-0.05, 0) is 79.0 Å². The molecule has 5 N–H and O–H groups in total. The van der Waals surface area contributed by atoms with Gasteiger partial charge in [-0.15, -0.1) is 5.06 Å². The number of aromatic hydroxyl groups is 1. The number of nitrogens with zero attached hydrogens (tertiary/aromatic N) is 2. The van der Waals surface area contributed by atoms with Gasteiger partial charge in [-0.1, -0.05) is 12.1 Å². The first kappa shape index (κ1) is 36.8. The lowest BCUT2D eigenvalue weighted by molar-refractivity contribution is -0.234. The first-order valence-electron chi connectivity index (χ1n) is 14.5. The van der Waals surface area contributed by atoms with Crippen molar-refractivity contribution in [1.29, 1.82) is 0 Å². The van der Waals surface area contributed by atoms with E-state index in [4.69, 9.17) is 9.57 Å². The number of benzene rings is 1. The molecule has 0 aliphatic carbocycles. The van der Waals surface area contributed by atoms with E-state index in [0.717, 1.165) is 9.96 Å². The summed E-state index contributed by atoms with van der Waals surface area (Å²) in [6.45, 7) is 11.0. The Kier molecular flexibility index (Phi) is 12.3. The van der Waals surface area contributed by atoms with E-state index in [1.165, 1.54) is 31.2 Å². The van der Waals surface area contributed by atoms with Crippen molar-refractivity contribution in [2.24, 2.45) is 0 Å². The molecular weight excluding hydrogens is 592 g/mol.